The van der Waals surface area contributed by atoms with Crippen LogP contribution in [0, 0.1) is 17.8 Å². The summed E-state index contributed by atoms with van der Waals surface area (Å²) in [5.74, 6) is -3.14. The van der Waals surface area contributed by atoms with Crippen LogP contribution < -0.4 is 15.6 Å². The van der Waals surface area contributed by atoms with Crippen LogP contribution in [0.5, 0.6) is 5.75 Å². The largest absolute Gasteiger partial charge is 0.509 e. The van der Waals surface area contributed by atoms with E-state index in [0.29, 0.717) is 18.7 Å². The molecule has 2 amide bonds. The van der Waals surface area contributed by atoms with Gasteiger partial charge in [0.15, 0.2) is 30.4 Å². The average Bonchev–Trinajstić information content (AvgIpc) is 3.59. The molecule has 4 fully saturated rings. The lowest BCUT2D eigenvalue weighted by Gasteiger charge is -2.49. The van der Waals surface area contributed by atoms with E-state index in [1.807, 2.05) is 58.6 Å². The minimum atomic E-state index is -1.63. The number of hydrazine groups is 1. The zero-order chi connectivity index (χ0) is 50.6. The molecule has 20 heteroatoms. The van der Waals surface area contributed by atoms with Gasteiger partial charge in [-0.1, -0.05) is 32.9 Å². The van der Waals surface area contributed by atoms with E-state index in [2.05, 4.69) is 10.9 Å². The van der Waals surface area contributed by atoms with Crippen LogP contribution in [0.3, 0.4) is 0 Å². The van der Waals surface area contributed by atoms with Crippen molar-refractivity contribution in [1.82, 2.24) is 20.7 Å². The molecule has 68 heavy (non-hydrogen) atoms. The van der Waals surface area contributed by atoms with E-state index < -0.39 is 114 Å². The van der Waals surface area contributed by atoms with Crippen molar-refractivity contribution in [1.29, 1.82) is 0 Å². The van der Waals surface area contributed by atoms with Crippen molar-refractivity contribution in [3.8, 4) is 5.75 Å². The molecule has 20 nitrogen and oxygen atoms in total. The van der Waals surface area contributed by atoms with Crippen molar-refractivity contribution >= 4 is 24.1 Å². The average molecular weight is 967 g/mol. The van der Waals surface area contributed by atoms with Gasteiger partial charge in [-0.25, -0.2) is 15.0 Å². The van der Waals surface area contributed by atoms with E-state index in [4.69, 9.17) is 47.4 Å². The second-order valence-electron chi connectivity index (χ2n) is 20.2. The summed E-state index contributed by atoms with van der Waals surface area (Å²) in [6, 6.07) is 5.78. The molecule has 18 atom stereocenters. The predicted molar refractivity (Wildman–Crippen MR) is 245 cm³/mol. The molecule has 0 aromatic heterocycles. The molecule has 0 aliphatic carbocycles. The van der Waals surface area contributed by atoms with Gasteiger partial charge in [0.2, 0.25) is 0 Å². The summed E-state index contributed by atoms with van der Waals surface area (Å²) in [6.07, 6.45) is -10.5. The van der Waals surface area contributed by atoms with Crippen molar-refractivity contribution in [2.45, 2.75) is 185 Å². The summed E-state index contributed by atoms with van der Waals surface area (Å²) in [4.78, 5) is 57.7. The first-order valence-electron chi connectivity index (χ1n) is 23.7. The number of aliphatic hydroxyl groups is 2. The second-order valence-corrected chi connectivity index (χ2v) is 20.2. The number of nitrogens with one attached hydrogen (secondary N) is 2. The summed E-state index contributed by atoms with van der Waals surface area (Å²) >= 11 is 0. The summed E-state index contributed by atoms with van der Waals surface area (Å²) in [5, 5.41) is 24.5. The number of carbonyl (C=O) groups excluding carboxylic acids is 4. The first-order valence-corrected chi connectivity index (χ1v) is 23.7. The fourth-order valence-electron chi connectivity index (χ4n) is 10.7. The monoisotopic (exact) mass is 967 g/mol. The number of hydrogen-bond donors (Lipinski definition) is 4. The summed E-state index contributed by atoms with van der Waals surface area (Å²) in [7, 11) is 8.52. The summed E-state index contributed by atoms with van der Waals surface area (Å²) < 4.78 is 61.6. The topological polar surface area (TPSA) is 232 Å². The molecule has 0 saturated carbocycles. The third-order valence-corrected chi connectivity index (χ3v) is 14.5. The molecular weight excluding hydrogens is 889 g/mol. The number of aliphatic hydroxyl groups excluding tert-OH is 1. The standard InChI is InChI=1S/C48H78N4O16/c1-16-34-48(10)39(67-45(57)68-48)29(6)52(13)24-25(2)22-46(8,58)38(65-43-36(53)32(51(11)12)21-26(3)61-43)27(4)37(28(5)42(55)63-34)64-35-23-47(9,60-15)40(30(7)62-35)66-44(56)50-49-41(54)31-19-17-18-20-33(31)59-14/h17-20,25-30,32,34-40,43,53,58H,16,21-24H2,1-15H3,(H,49,54)(H,50,56)/t25-,26-,27+,28-,29-,30+,32+,34-,35+,36-,37+,38-,39-,40+,43+,46-,47-,48-/m1/s1. The van der Waals surface area contributed by atoms with E-state index in [-0.39, 0.29) is 42.9 Å². The number of para-hydroxylation sites is 1. The molecule has 0 radical (unpaired) electrons. The van der Waals surface area contributed by atoms with Crippen LogP contribution in [-0.2, 0) is 47.4 Å². The van der Waals surface area contributed by atoms with Crippen molar-refractivity contribution in [3.63, 3.8) is 0 Å². The number of benzene rings is 1. The van der Waals surface area contributed by atoms with E-state index >= 15 is 0 Å². The number of rotatable bonds is 10. The van der Waals surface area contributed by atoms with Crippen LogP contribution >= 0.6 is 0 Å². The van der Waals surface area contributed by atoms with Crippen molar-refractivity contribution in [2.24, 2.45) is 17.8 Å². The number of hydrogen-bond acceptors (Lipinski definition) is 18. The quantitative estimate of drug-likeness (QED) is 0.146. The SMILES string of the molecule is CC[C@H]1OC(=O)[C@H](C)[C@@H](O[C@H]2C[C@@](C)(OC)[C@@H](OC(=O)NNC(=O)c3ccccc3OC)[C@H](C)O2)[C@H](C)[C@@H](O[C@@H]2O[C@H](C)C[C@H](N(C)C)[C@H]2O)[C@](C)(O)C[C@@H](C)CN(C)[C@H](C)[C@H]2OC(=O)O[C@@]21C. The maximum Gasteiger partial charge on any atom is 0.509 e. The molecule has 386 valence electrons. The third-order valence-electron chi connectivity index (χ3n) is 14.5. The van der Waals surface area contributed by atoms with Crippen molar-refractivity contribution in [3.05, 3.63) is 29.8 Å². The number of cyclic esters (lactones) is 1. The molecule has 4 N–H and O–H groups in total. The maximum absolute atomic E-state index is 14.7. The van der Waals surface area contributed by atoms with Crippen LogP contribution in [-0.4, -0.2) is 176 Å². The Morgan fingerprint density at radius 1 is 0.941 bits per heavy atom. The first-order chi connectivity index (χ1) is 31.8. The minimum absolute atomic E-state index is 0.0232. The molecule has 1 aromatic rings. The Morgan fingerprint density at radius 2 is 1.62 bits per heavy atom. The smallest absolute Gasteiger partial charge is 0.496 e. The van der Waals surface area contributed by atoms with Gasteiger partial charge in [-0.3, -0.25) is 19.9 Å². The third kappa shape index (κ3) is 12.2. The molecule has 0 spiro atoms. The van der Waals surface area contributed by atoms with Crippen LogP contribution in [0.1, 0.15) is 105 Å². The second kappa shape index (κ2) is 22.5. The van der Waals surface area contributed by atoms with Gasteiger partial charge in [0.05, 0.1) is 48.6 Å². The molecule has 5 rings (SSSR count). The number of methoxy groups -OCH3 is 2. The maximum atomic E-state index is 14.7. The van der Waals surface area contributed by atoms with Crippen molar-refractivity contribution < 1.29 is 76.8 Å². The number of esters is 1. The van der Waals surface area contributed by atoms with E-state index in [1.54, 1.807) is 59.7 Å². The van der Waals surface area contributed by atoms with Crippen LogP contribution in [0.4, 0.5) is 9.59 Å². The Balaban J connectivity index is 1.49. The molecule has 1 aromatic carbocycles. The van der Waals surface area contributed by atoms with Gasteiger partial charge >= 0.3 is 18.2 Å². The molecule has 0 unspecified atom stereocenters. The Morgan fingerprint density at radius 3 is 2.25 bits per heavy atom. The highest BCUT2D eigenvalue weighted by Gasteiger charge is 2.58. The normalized spacial score (nSPS) is 40.9. The Kier molecular flexibility index (Phi) is 18.2. The van der Waals surface area contributed by atoms with Gasteiger partial charge < -0.3 is 62.5 Å². The Hall–Kier alpha value is -3.86. The van der Waals surface area contributed by atoms with Crippen LogP contribution in [0.15, 0.2) is 24.3 Å². The van der Waals surface area contributed by atoms with Gasteiger partial charge in [-0.2, -0.15) is 0 Å². The zero-order valence-corrected chi connectivity index (χ0v) is 42.5. The lowest BCUT2D eigenvalue weighted by molar-refractivity contribution is -0.317. The van der Waals surface area contributed by atoms with Gasteiger partial charge in [-0.15, -0.1) is 0 Å². The van der Waals surface area contributed by atoms with Gasteiger partial charge in [-0.05, 0) is 107 Å². The lowest BCUT2D eigenvalue weighted by atomic mass is 9.77. The number of amides is 2. The van der Waals surface area contributed by atoms with Gasteiger partial charge in [0.1, 0.15) is 23.6 Å². The fraction of sp³-hybridized carbons (Fsp3) is 0.792. The number of ether oxygens (including phenoxy) is 10. The number of fused-ring (bicyclic) bond motifs is 1. The van der Waals surface area contributed by atoms with Gasteiger partial charge in [0.25, 0.3) is 5.91 Å². The Bertz CT molecular complexity index is 1890. The van der Waals surface area contributed by atoms with Gasteiger partial charge in [0, 0.05) is 38.1 Å². The first kappa shape index (κ1) is 55.1. The highest BCUT2D eigenvalue weighted by molar-refractivity contribution is 5.97. The molecule has 0 bridgehead atoms. The molecule has 4 aliphatic rings. The summed E-state index contributed by atoms with van der Waals surface area (Å²) in [6.45, 7) is 18.3. The highest BCUT2D eigenvalue weighted by atomic mass is 16.8. The fourth-order valence-corrected chi connectivity index (χ4v) is 10.7. The molecule has 4 aliphatic heterocycles. The van der Waals surface area contributed by atoms with E-state index in [1.165, 1.54) is 20.3 Å². The predicted octanol–water partition coefficient (Wildman–Crippen LogP) is 4.17. The molecule has 4 heterocycles. The van der Waals surface area contributed by atoms with Crippen molar-refractivity contribution in [2.75, 3.05) is 41.9 Å². The van der Waals surface area contributed by atoms with E-state index in [9.17, 15) is 29.4 Å². The molecular formula is C48H78N4O16. The van der Waals surface area contributed by atoms with Crippen LogP contribution in [0.2, 0.25) is 0 Å². The summed E-state index contributed by atoms with van der Waals surface area (Å²) in [5.41, 5.74) is 0.550. The highest BCUT2D eigenvalue weighted by Crippen LogP contribution is 2.42. The van der Waals surface area contributed by atoms with Crippen LogP contribution in [0.25, 0.3) is 0 Å². The number of carbonyl (C=O) groups is 4. The zero-order valence-electron chi connectivity index (χ0n) is 42.5. The lowest BCUT2D eigenvalue weighted by Crippen LogP contribution is -2.61. The number of likely N-dealkylation sites (N-methyl/N-ethyl adjacent to an activating group) is 2. The number of nitrogens with zero attached hydrogens (tertiary/aromatic N) is 2. The minimum Gasteiger partial charge on any atom is -0.496 e. The van der Waals surface area contributed by atoms with E-state index in [0.717, 1.165) is 0 Å². The molecule has 4 saturated heterocycles. The Labute approximate surface area is 401 Å².